The van der Waals surface area contributed by atoms with Crippen molar-refractivity contribution in [3.05, 3.63) is 47.8 Å². The van der Waals surface area contributed by atoms with E-state index in [0.717, 1.165) is 24.1 Å². The van der Waals surface area contributed by atoms with Crippen LogP contribution in [-0.2, 0) is 32.5 Å². The molecule has 1 aliphatic heterocycles. The van der Waals surface area contributed by atoms with Crippen LogP contribution in [0.5, 0.6) is 0 Å². The highest BCUT2D eigenvalue weighted by atomic mass is 32.2. The fourth-order valence-electron chi connectivity index (χ4n) is 3.30. The fraction of sp³-hybridized carbons (Fsp3) is 0.450. The summed E-state index contributed by atoms with van der Waals surface area (Å²) in [5.74, 6) is -2.73. The van der Waals surface area contributed by atoms with Gasteiger partial charge in [-0.2, -0.15) is 18.3 Å². The lowest BCUT2D eigenvalue weighted by atomic mass is 10.1. The Hall–Kier alpha value is -2.93. The molecule has 13 heteroatoms. The van der Waals surface area contributed by atoms with Crippen LogP contribution < -0.4 is 5.32 Å². The van der Waals surface area contributed by atoms with E-state index in [1.165, 1.54) is 6.26 Å². The number of carboxylic acid groups (broad SMARTS) is 1. The van der Waals surface area contributed by atoms with E-state index < -0.39 is 22.0 Å². The van der Waals surface area contributed by atoms with Crippen LogP contribution in [0, 0.1) is 0 Å². The summed E-state index contributed by atoms with van der Waals surface area (Å²) >= 11 is 0. The molecular formula is C20H23F3N4O5S. The number of hydrogen-bond donors (Lipinski definition) is 2. The molecule has 180 valence electrons. The standard InChI is InChI=1S/C18H22N4O3S.C2HF3O2/c1-26(24,25)16-6-2-13(3-7-16)10-21-11-15-8-9-19-22(15)17(12-21)18(23)20-14-4-5-14;3-2(4,5)1(6)7/h2-3,6-9,14,17H,4-5,10-12H2,1H3,(H,20,23);(H,6,7). The second-order valence-electron chi connectivity index (χ2n) is 7.95. The van der Waals surface area contributed by atoms with Gasteiger partial charge in [0, 0.05) is 38.1 Å². The number of nitrogens with zero attached hydrogens (tertiary/aromatic N) is 3. The van der Waals surface area contributed by atoms with E-state index in [4.69, 9.17) is 9.90 Å². The van der Waals surface area contributed by atoms with Crippen LogP contribution in [0.1, 0.15) is 30.1 Å². The molecule has 2 heterocycles. The summed E-state index contributed by atoms with van der Waals surface area (Å²) in [7, 11) is -3.19. The summed E-state index contributed by atoms with van der Waals surface area (Å²) in [5.41, 5.74) is 2.03. The summed E-state index contributed by atoms with van der Waals surface area (Å²) in [5, 5.41) is 14.5. The first-order valence-electron chi connectivity index (χ1n) is 9.99. The number of carbonyl (C=O) groups is 2. The average Bonchev–Trinajstić information content (AvgIpc) is 3.40. The molecule has 2 aliphatic rings. The van der Waals surface area contributed by atoms with Gasteiger partial charge in [-0.1, -0.05) is 12.1 Å². The quantitative estimate of drug-likeness (QED) is 0.658. The van der Waals surface area contributed by atoms with E-state index in [1.807, 2.05) is 22.9 Å². The molecule has 1 saturated carbocycles. The third kappa shape index (κ3) is 6.78. The second kappa shape index (κ2) is 9.51. The van der Waals surface area contributed by atoms with Gasteiger partial charge in [-0.3, -0.25) is 14.4 Å². The van der Waals surface area contributed by atoms with Gasteiger partial charge in [0.2, 0.25) is 5.91 Å². The van der Waals surface area contributed by atoms with Gasteiger partial charge in [0.1, 0.15) is 6.04 Å². The molecule has 2 N–H and O–H groups in total. The number of sulfone groups is 1. The number of aromatic nitrogens is 2. The minimum atomic E-state index is -5.08. The summed E-state index contributed by atoms with van der Waals surface area (Å²) in [6.07, 6.45) is -0.0321. The molecule has 4 rings (SSSR count). The topological polar surface area (TPSA) is 122 Å². The summed E-state index contributed by atoms with van der Waals surface area (Å²) in [6, 6.07) is 8.87. The van der Waals surface area contributed by atoms with Crippen molar-refractivity contribution in [2.45, 2.75) is 49.1 Å². The SMILES string of the molecule is CS(=O)(=O)c1ccc(CN2Cc3ccnn3C(C(=O)NC3CC3)C2)cc1.O=C(O)C(F)(F)F. The Bertz CT molecular complexity index is 1110. The van der Waals surface area contributed by atoms with E-state index >= 15 is 0 Å². The number of fused-ring (bicyclic) bond motifs is 1. The van der Waals surface area contributed by atoms with Gasteiger partial charge in [-0.15, -0.1) is 0 Å². The molecule has 0 spiro atoms. The predicted octanol–water partition coefficient (Wildman–Crippen LogP) is 1.76. The van der Waals surface area contributed by atoms with Gasteiger partial charge in [0.15, 0.2) is 9.84 Å². The first kappa shape index (κ1) is 24.7. The number of nitrogens with one attached hydrogen (secondary N) is 1. The molecular weight excluding hydrogens is 465 g/mol. The first-order valence-corrected chi connectivity index (χ1v) is 11.9. The van der Waals surface area contributed by atoms with Gasteiger partial charge >= 0.3 is 12.1 Å². The second-order valence-corrected chi connectivity index (χ2v) is 9.97. The number of rotatable bonds is 5. The molecule has 0 radical (unpaired) electrons. The Morgan fingerprint density at radius 1 is 1.18 bits per heavy atom. The van der Waals surface area contributed by atoms with E-state index in [2.05, 4.69) is 15.3 Å². The predicted molar refractivity (Wildman–Crippen MR) is 110 cm³/mol. The van der Waals surface area contributed by atoms with Crippen molar-refractivity contribution in [1.29, 1.82) is 0 Å². The minimum Gasteiger partial charge on any atom is -0.475 e. The van der Waals surface area contributed by atoms with E-state index in [1.54, 1.807) is 18.3 Å². The number of carbonyl (C=O) groups excluding carboxylic acids is 1. The smallest absolute Gasteiger partial charge is 0.475 e. The largest absolute Gasteiger partial charge is 0.490 e. The Labute approximate surface area is 188 Å². The highest BCUT2D eigenvalue weighted by Crippen LogP contribution is 2.25. The third-order valence-corrected chi connectivity index (χ3v) is 6.22. The molecule has 1 atom stereocenters. The minimum absolute atomic E-state index is 0.0228. The van der Waals surface area contributed by atoms with Crippen molar-refractivity contribution < 1.29 is 36.3 Å². The number of halogens is 3. The first-order chi connectivity index (χ1) is 15.3. The molecule has 9 nitrogen and oxygen atoms in total. The summed E-state index contributed by atoms with van der Waals surface area (Å²) in [4.78, 5) is 24.0. The molecule has 1 fully saturated rings. The summed E-state index contributed by atoms with van der Waals surface area (Å²) in [6.45, 7) is 1.95. The van der Waals surface area contributed by atoms with Crippen LogP contribution in [0.4, 0.5) is 13.2 Å². The lowest BCUT2D eigenvalue weighted by Crippen LogP contribution is -2.45. The van der Waals surface area contributed by atoms with Crippen LogP contribution in [0.15, 0.2) is 41.4 Å². The molecule has 33 heavy (non-hydrogen) atoms. The zero-order valence-electron chi connectivity index (χ0n) is 17.6. The number of hydrogen-bond acceptors (Lipinski definition) is 6. The molecule has 2 aromatic rings. The molecule has 1 aromatic carbocycles. The van der Waals surface area contributed by atoms with Gasteiger partial charge in [-0.25, -0.2) is 13.2 Å². The van der Waals surface area contributed by atoms with Crippen LogP contribution in [-0.4, -0.2) is 65.1 Å². The Balaban J connectivity index is 0.000000383. The van der Waals surface area contributed by atoms with Crippen molar-refractivity contribution in [1.82, 2.24) is 20.0 Å². The Kier molecular flexibility index (Phi) is 7.12. The molecule has 1 aromatic heterocycles. The maximum Gasteiger partial charge on any atom is 0.490 e. The lowest BCUT2D eigenvalue weighted by Gasteiger charge is -2.33. The van der Waals surface area contributed by atoms with Crippen molar-refractivity contribution in [2.75, 3.05) is 12.8 Å². The highest BCUT2D eigenvalue weighted by molar-refractivity contribution is 7.90. The number of benzene rings is 1. The number of alkyl halides is 3. The number of aliphatic carboxylic acids is 1. The molecule has 0 saturated heterocycles. The monoisotopic (exact) mass is 488 g/mol. The molecule has 1 unspecified atom stereocenters. The van der Waals surface area contributed by atoms with Gasteiger partial charge in [0.05, 0.1) is 10.6 Å². The zero-order valence-corrected chi connectivity index (χ0v) is 18.4. The fourth-order valence-corrected chi connectivity index (χ4v) is 3.93. The number of carboxylic acids is 1. The van der Waals surface area contributed by atoms with Crippen molar-refractivity contribution in [3.63, 3.8) is 0 Å². The lowest BCUT2D eigenvalue weighted by molar-refractivity contribution is -0.192. The van der Waals surface area contributed by atoms with Crippen molar-refractivity contribution in [3.8, 4) is 0 Å². The van der Waals surface area contributed by atoms with Gasteiger partial charge < -0.3 is 10.4 Å². The van der Waals surface area contributed by atoms with Crippen LogP contribution in [0.25, 0.3) is 0 Å². The third-order valence-electron chi connectivity index (χ3n) is 5.09. The maximum atomic E-state index is 12.6. The maximum absolute atomic E-state index is 12.6. The highest BCUT2D eigenvalue weighted by Gasteiger charge is 2.38. The van der Waals surface area contributed by atoms with Crippen molar-refractivity contribution >= 4 is 21.7 Å². The van der Waals surface area contributed by atoms with E-state index in [0.29, 0.717) is 30.6 Å². The molecule has 1 aliphatic carbocycles. The van der Waals surface area contributed by atoms with Crippen LogP contribution in [0.3, 0.4) is 0 Å². The van der Waals surface area contributed by atoms with E-state index in [-0.39, 0.29) is 11.9 Å². The number of amides is 1. The van der Waals surface area contributed by atoms with Crippen molar-refractivity contribution in [2.24, 2.45) is 0 Å². The summed E-state index contributed by atoms with van der Waals surface area (Å²) < 4.78 is 56.7. The van der Waals surface area contributed by atoms with Crippen LogP contribution in [0.2, 0.25) is 0 Å². The Morgan fingerprint density at radius 3 is 2.30 bits per heavy atom. The van der Waals surface area contributed by atoms with Crippen LogP contribution >= 0.6 is 0 Å². The van der Waals surface area contributed by atoms with Gasteiger partial charge in [-0.05, 0) is 36.6 Å². The zero-order chi connectivity index (χ0) is 24.4. The normalized spacial score (nSPS) is 18.6. The molecule has 1 amide bonds. The Morgan fingerprint density at radius 2 is 1.79 bits per heavy atom. The van der Waals surface area contributed by atoms with E-state index in [9.17, 15) is 26.4 Å². The molecule has 0 bridgehead atoms. The van der Waals surface area contributed by atoms with Gasteiger partial charge in [0.25, 0.3) is 0 Å². The average molecular weight is 488 g/mol.